The first-order valence-electron chi connectivity index (χ1n) is 5.55. The third kappa shape index (κ3) is 2.21. The summed E-state index contributed by atoms with van der Waals surface area (Å²) >= 11 is 5.87. The van der Waals surface area contributed by atoms with Crippen molar-refractivity contribution >= 4 is 17.5 Å². The Morgan fingerprint density at radius 2 is 2.50 bits per heavy atom. The number of alkyl halides is 1. The summed E-state index contributed by atoms with van der Waals surface area (Å²) in [5.41, 5.74) is 0.597. The van der Waals surface area contributed by atoms with Crippen LogP contribution >= 0.6 is 11.6 Å². The molecule has 0 spiro atoms. The van der Waals surface area contributed by atoms with Crippen LogP contribution in [0.15, 0.2) is 12.5 Å². The second-order valence-corrected chi connectivity index (χ2v) is 4.62. The Labute approximate surface area is 100.0 Å². The number of aryl methyl sites for hydroxylation is 1. The SMILES string of the molecule is Cn1cncc1C(=O)NC1CCCC1CCl. The van der Waals surface area contributed by atoms with E-state index in [-0.39, 0.29) is 11.9 Å². The lowest BCUT2D eigenvalue weighted by Crippen LogP contribution is -2.38. The summed E-state index contributed by atoms with van der Waals surface area (Å²) in [4.78, 5) is 15.9. The molecule has 0 bridgehead atoms. The average molecular weight is 242 g/mol. The van der Waals surface area contributed by atoms with E-state index in [9.17, 15) is 4.79 Å². The molecule has 0 aliphatic heterocycles. The van der Waals surface area contributed by atoms with Crippen molar-refractivity contribution in [3.63, 3.8) is 0 Å². The van der Waals surface area contributed by atoms with Crippen LogP contribution in [0.2, 0.25) is 0 Å². The van der Waals surface area contributed by atoms with E-state index in [1.807, 2.05) is 7.05 Å². The monoisotopic (exact) mass is 241 g/mol. The zero-order valence-corrected chi connectivity index (χ0v) is 10.1. The summed E-state index contributed by atoms with van der Waals surface area (Å²) in [5, 5.41) is 3.04. The lowest BCUT2D eigenvalue weighted by Gasteiger charge is -2.18. The van der Waals surface area contributed by atoms with E-state index < -0.39 is 0 Å². The van der Waals surface area contributed by atoms with Gasteiger partial charge in [-0.3, -0.25) is 4.79 Å². The summed E-state index contributed by atoms with van der Waals surface area (Å²) in [5.74, 6) is 0.983. The topological polar surface area (TPSA) is 46.9 Å². The molecule has 88 valence electrons. The normalized spacial score (nSPS) is 24.6. The Morgan fingerprint density at radius 1 is 1.69 bits per heavy atom. The highest BCUT2D eigenvalue weighted by Gasteiger charge is 2.28. The molecule has 1 aromatic rings. The van der Waals surface area contributed by atoms with Gasteiger partial charge in [-0.2, -0.15) is 0 Å². The van der Waals surface area contributed by atoms with Crippen molar-refractivity contribution in [2.75, 3.05) is 5.88 Å². The minimum absolute atomic E-state index is 0.0537. The number of halogens is 1. The summed E-state index contributed by atoms with van der Waals surface area (Å²) in [7, 11) is 1.82. The lowest BCUT2D eigenvalue weighted by molar-refractivity contribution is 0.0922. The number of imidazole rings is 1. The van der Waals surface area contributed by atoms with E-state index in [1.165, 1.54) is 0 Å². The smallest absolute Gasteiger partial charge is 0.269 e. The Bertz CT molecular complexity index is 377. The fourth-order valence-corrected chi connectivity index (χ4v) is 2.60. The van der Waals surface area contributed by atoms with Crippen molar-refractivity contribution in [3.05, 3.63) is 18.2 Å². The molecule has 1 heterocycles. The van der Waals surface area contributed by atoms with Crippen LogP contribution in [0, 0.1) is 5.92 Å². The largest absolute Gasteiger partial charge is 0.348 e. The van der Waals surface area contributed by atoms with E-state index in [2.05, 4.69) is 10.3 Å². The van der Waals surface area contributed by atoms with E-state index in [0.717, 1.165) is 19.3 Å². The van der Waals surface area contributed by atoms with Gasteiger partial charge in [0.05, 0.1) is 12.5 Å². The number of hydrogen-bond acceptors (Lipinski definition) is 2. The van der Waals surface area contributed by atoms with Crippen LogP contribution in [-0.2, 0) is 7.05 Å². The standard InChI is InChI=1S/C11H16ClN3O/c1-15-7-13-6-10(15)11(16)14-9-4-2-3-8(9)5-12/h6-9H,2-5H2,1H3,(H,14,16). The highest BCUT2D eigenvalue weighted by molar-refractivity contribution is 6.18. The van der Waals surface area contributed by atoms with Crippen LogP contribution in [0.5, 0.6) is 0 Å². The van der Waals surface area contributed by atoms with Gasteiger partial charge < -0.3 is 9.88 Å². The van der Waals surface area contributed by atoms with Crippen LogP contribution in [0.3, 0.4) is 0 Å². The molecule has 1 amide bonds. The van der Waals surface area contributed by atoms with E-state index in [4.69, 9.17) is 11.6 Å². The van der Waals surface area contributed by atoms with Crippen molar-refractivity contribution in [1.82, 2.24) is 14.9 Å². The maximum absolute atomic E-state index is 11.9. The molecule has 1 aliphatic carbocycles. The molecule has 1 N–H and O–H groups in total. The quantitative estimate of drug-likeness (QED) is 0.817. The molecule has 1 saturated carbocycles. The fourth-order valence-electron chi connectivity index (χ4n) is 2.23. The Morgan fingerprint density at radius 3 is 3.12 bits per heavy atom. The third-order valence-electron chi connectivity index (χ3n) is 3.22. The van der Waals surface area contributed by atoms with Crippen LogP contribution in [0.4, 0.5) is 0 Å². The molecule has 0 aromatic carbocycles. The molecule has 4 nitrogen and oxygen atoms in total. The number of rotatable bonds is 3. The second-order valence-electron chi connectivity index (χ2n) is 4.32. The third-order valence-corrected chi connectivity index (χ3v) is 3.62. The molecular formula is C11H16ClN3O. The first kappa shape index (κ1) is 11.5. The summed E-state index contributed by atoms with van der Waals surface area (Å²) < 4.78 is 1.72. The van der Waals surface area contributed by atoms with Gasteiger partial charge >= 0.3 is 0 Å². The fraction of sp³-hybridized carbons (Fsp3) is 0.636. The molecule has 2 unspecified atom stereocenters. The Kier molecular flexibility index (Phi) is 3.49. The molecule has 0 radical (unpaired) electrons. The molecular weight excluding hydrogens is 226 g/mol. The summed E-state index contributed by atoms with van der Waals surface area (Å²) in [6.45, 7) is 0. The maximum Gasteiger partial charge on any atom is 0.269 e. The summed E-state index contributed by atoms with van der Waals surface area (Å²) in [6, 6.07) is 0.222. The number of nitrogens with one attached hydrogen (secondary N) is 1. The number of aromatic nitrogens is 2. The van der Waals surface area contributed by atoms with Crippen molar-refractivity contribution in [1.29, 1.82) is 0 Å². The van der Waals surface area contributed by atoms with Gasteiger partial charge in [-0.1, -0.05) is 6.42 Å². The Hall–Kier alpha value is -1.03. The van der Waals surface area contributed by atoms with Crippen molar-refractivity contribution < 1.29 is 4.79 Å². The predicted molar refractivity (Wildman–Crippen MR) is 62.5 cm³/mol. The van der Waals surface area contributed by atoms with Crippen molar-refractivity contribution in [2.24, 2.45) is 13.0 Å². The number of hydrogen-bond donors (Lipinski definition) is 1. The molecule has 1 aliphatic rings. The van der Waals surface area contributed by atoms with Gasteiger partial charge in [0.1, 0.15) is 5.69 Å². The Balaban J connectivity index is 2.00. The van der Waals surface area contributed by atoms with Gasteiger partial charge in [-0.15, -0.1) is 11.6 Å². The van der Waals surface area contributed by atoms with Crippen LogP contribution in [0.25, 0.3) is 0 Å². The van der Waals surface area contributed by atoms with Crippen LogP contribution in [0.1, 0.15) is 29.8 Å². The van der Waals surface area contributed by atoms with Gasteiger partial charge in [-0.25, -0.2) is 4.98 Å². The van der Waals surface area contributed by atoms with Gasteiger partial charge in [0.2, 0.25) is 0 Å². The molecule has 1 fully saturated rings. The average Bonchev–Trinajstić information content (AvgIpc) is 2.86. The molecule has 0 saturated heterocycles. The minimum atomic E-state index is -0.0537. The van der Waals surface area contributed by atoms with Crippen LogP contribution in [-0.4, -0.2) is 27.4 Å². The first-order valence-corrected chi connectivity index (χ1v) is 6.09. The van der Waals surface area contributed by atoms with E-state index >= 15 is 0 Å². The maximum atomic E-state index is 11.9. The van der Waals surface area contributed by atoms with E-state index in [1.54, 1.807) is 17.1 Å². The number of carbonyl (C=O) groups is 1. The predicted octanol–water partition coefficient (Wildman–Crippen LogP) is 1.56. The van der Waals surface area contributed by atoms with Crippen molar-refractivity contribution in [2.45, 2.75) is 25.3 Å². The van der Waals surface area contributed by atoms with Gasteiger partial charge in [0.15, 0.2) is 0 Å². The number of carbonyl (C=O) groups excluding carboxylic acids is 1. The van der Waals surface area contributed by atoms with Gasteiger partial charge in [0, 0.05) is 19.0 Å². The lowest BCUT2D eigenvalue weighted by atomic mass is 10.1. The number of nitrogens with zero attached hydrogens (tertiary/aromatic N) is 2. The molecule has 2 rings (SSSR count). The minimum Gasteiger partial charge on any atom is -0.348 e. The molecule has 16 heavy (non-hydrogen) atoms. The van der Waals surface area contributed by atoms with E-state index in [0.29, 0.717) is 17.5 Å². The molecule has 5 heteroatoms. The molecule has 2 atom stereocenters. The highest BCUT2D eigenvalue weighted by Crippen LogP contribution is 2.26. The van der Waals surface area contributed by atoms with Crippen molar-refractivity contribution in [3.8, 4) is 0 Å². The van der Waals surface area contributed by atoms with Gasteiger partial charge in [0.25, 0.3) is 5.91 Å². The highest BCUT2D eigenvalue weighted by atomic mass is 35.5. The number of amides is 1. The molecule has 1 aromatic heterocycles. The van der Waals surface area contributed by atoms with Crippen LogP contribution < -0.4 is 5.32 Å². The zero-order valence-electron chi connectivity index (χ0n) is 9.32. The second kappa shape index (κ2) is 4.87. The summed E-state index contributed by atoms with van der Waals surface area (Å²) in [6.07, 6.45) is 6.50. The first-order chi connectivity index (χ1) is 7.72. The zero-order chi connectivity index (χ0) is 11.5. The van der Waals surface area contributed by atoms with Gasteiger partial charge in [-0.05, 0) is 18.8 Å².